The third-order valence-corrected chi connectivity index (χ3v) is 5.06. The summed E-state index contributed by atoms with van der Waals surface area (Å²) < 4.78 is 5.30. The molecule has 1 aliphatic heterocycles. The Hall–Kier alpha value is -1.73. The summed E-state index contributed by atoms with van der Waals surface area (Å²) in [6, 6.07) is 7.98. The van der Waals surface area contributed by atoms with Gasteiger partial charge in [-0.05, 0) is 64.6 Å². The summed E-state index contributed by atoms with van der Waals surface area (Å²) in [7, 11) is 0. The predicted octanol–water partition coefficient (Wildman–Crippen LogP) is 3.73. The first-order chi connectivity index (χ1) is 12.8. The summed E-state index contributed by atoms with van der Waals surface area (Å²) in [5.41, 5.74) is 0.300. The largest absolute Gasteiger partial charge is 0.444 e. The molecule has 1 aliphatic rings. The van der Waals surface area contributed by atoms with Crippen molar-refractivity contribution in [2.24, 2.45) is 0 Å². The molecule has 7 heteroatoms. The highest BCUT2D eigenvalue weighted by atomic mass is 32.2. The van der Waals surface area contributed by atoms with E-state index in [0.29, 0.717) is 13.1 Å². The maximum absolute atomic E-state index is 12.5. The molecule has 1 heterocycles. The molecule has 0 bridgehead atoms. The van der Waals surface area contributed by atoms with Crippen molar-refractivity contribution in [2.75, 3.05) is 31.2 Å². The molecule has 0 radical (unpaired) electrons. The smallest absolute Gasteiger partial charge is 0.407 e. The fourth-order valence-corrected chi connectivity index (χ4v) is 3.56. The lowest BCUT2D eigenvalue weighted by Crippen LogP contribution is -2.49. The van der Waals surface area contributed by atoms with Gasteiger partial charge in [-0.1, -0.05) is 12.5 Å². The topological polar surface area (TPSA) is 70.7 Å². The number of carbonyl (C=O) groups excluding carboxylic acids is 2. The van der Waals surface area contributed by atoms with E-state index in [2.05, 4.69) is 15.5 Å². The molecule has 150 valence electrons. The van der Waals surface area contributed by atoms with Crippen molar-refractivity contribution >= 4 is 29.4 Å². The summed E-state index contributed by atoms with van der Waals surface area (Å²) >= 11 is 1.65. The molecular weight excluding hydrogens is 362 g/mol. The Kier molecular flexibility index (Phi) is 7.98. The predicted molar refractivity (Wildman–Crippen MR) is 110 cm³/mol. The van der Waals surface area contributed by atoms with Crippen LogP contribution in [0.2, 0.25) is 0 Å². The molecule has 0 aromatic heterocycles. The van der Waals surface area contributed by atoms with Gasteiger partial charge >= 0.3 is 6.09 Å². The minimum absolute atomic E-state index is 0.0302. The minimum Gasteiger partial charge on any atom is -0.444 e. The van der Waals surface area contributed by atoms with Crippen molar-refractivity contribution in [1.29, 1.82) is 0 Å². The molecule has 0 aliphatic carbocycles. The second-order valence-corrected chi connectivity index (χ2v) is 8.66. The number of piperidine rings is 1. The number of hydrogen-bond acceptors (Lipinski definition) is 5. The van der Waals surface area contributed by atoms with Crippen LogP contribution in [0.15, 0.2) is 29.2 Å². The van der Waals surface area contributed by atoms with Crippen LogP contribution in [-0.4, -0.2) is 54.4 Å². The van der Waals surface area contributed by atoms with E-state index in [4.69, 9.17) is 4.74 Å². The van der Waals surface area contributed by atoms with Crippen molar-refractivity contribution in [1.82, 2.24) is 10.2 Å². The Morgan fingerprint density at radius 3 is 2.78 bits per heavy atom. The number of carbonyl (C=O) groups is 2. The number of nitrogens with one attached hydrogen (secondary N) is 2. The molecule has 1 atom stereocenters. The molecule has 1 aromatic carbocycles. The number of benzene rings is 1. The van der Waals surface area contributed by atoms with Crippen molar-refractivity contribution < 1.29 is 14.3 Å². The average molecular weight is 394 g/mol. The van der Waals surface area contributed by atoms with Gasteiger partial charge in [0, 0.05) is 23.2 Å². The first-order valence-electron chi connectivity index (χ1n) is 9.41. The van der Waals surface area contributed by atoms with Crippen molar-refractivity contribution in [3.05, 3.63) is 24.3 Å². The monoisotopic (exact) mass is 393 g/mol. The molecule has 0 saturated carbocycles. The maximum atomic E-state index is 12.5. The second-order valence-electron chi connectivity index (χ2n) is 7.78. The SMILES string of the molecule is CSc1cccc(NC(=O)CN2CCCCC2CNC(=O)OC(C)(C)C)c1. The molecule has 1 fully saturated rings. The van der Waals surface area contributed by atoms with Crippen LogP contribution < -0.4 is 10.6 Å². The van der Waals surface area contributed by atoms with Crippen LogP contribution in [-0.2, 0) is 9.53 Å². The third kappa shape index (κ3) is 7.81. The Morgan fingerprint density at radius 2 is 2.07 bits per heavy atom. The third-order valence-electron chi connectivity index (χ3n) is 4.33. The number of rotatable bonds is 6. The molecule has 2 rings (SSSR count). The summed E-state index contributed by atoms with van der Waals surface area (Å²) in [4.78, 5) is 27.6. The zero-order valence-corrected chi connectivity index (χ0v) is 17.5. The van der Waals surface area contributed by atoms with Gasteiger partial charge < -0.3 is 15.4 Å². The van der Waals surface area contributed by atoms with Crippen LogP contribution in [0, 0.1) is 0 Å². The molecule has 6 nitrogen and oxygen atoms in total. The van der Waals surface area contributed by atoms with E-state index in [1.165, 1.54) is 0 Å². The first-order valence-corrected chi connectivity index (χ1v) is 10.6. The number of alkyl carbamates (subject to hydrolysis) is 1. The Bertz CT molecular complexity index is 646. The number of nitrogens with zero attached hydrogens (tertiary/aromatic N) is 1. The summed E-state index contributed by atoms with van der Waals surface area (Å²) in [6.07, 6.45) is 4.74. The normalized spacial score (nSPS) is 18.0. The fraction of sp³-hybridized carbons (Fsp3) is 0.600. The molecular formula is C20H31N3O3S. The van der Waals surface area contributed by atoms with E-state index < -0.39 is 11.7 Å². The van der Waals surface area contributed by atoms with Gasteiger partial charge in [0.15, 0.2) is 0 Å². The number of amides is 2. The van der Waals surface area contributed by atoms with E-state index in [1.54, 1.807) is 11.8 Å². The van der Waals surface area contributed by atoms with Crippen molar-refractivity contribution in [3.63, 3.8) is 0 Å². The zero-order valence-electron chi connectivity index (χ0n) is 16.7. The molecule has 1 unspecified atom stereocenters. The van der Waals surface area contributed by atoms with Gasteiger partial charge in [0.05, 0.1) is 6.54 Å². The van der Waals surface area contributed by atoms with Crippen LogP contribution in [0.25, 0.3) is 0 Å². The standard InChI is InChI=1S/C20H31N3O3S/c1-20(2,3)26-19(25)21-13-16-9-5-6-11-23(16)14-18(24)22-15-8-7-10-17(12-15)27-4/h7-8,10,12,16H,5-6,9,11,13-14H2,1-4H3,(H,21,25)(H,22,24). The Balaban J connectivity index is 1.86. The lowest BCUT2D eigenvalue weighted by atomic mass is 10.0. The van der Waals surface area contributed by atoms with E-state index >= 15 is 0 Å². The molecule has 1 saturated heterocycles. The van der Waals surface area contributed by atoms with Gasteiger partial charge in [0.2, 0.25) is 5.91 Å². The van der Waals surface area contributed by atoms with E-state index in [0.717, 1.165) is 36.4 Å². The van der Waals surface area contributed by atoms with Gasteiger partial charge in [-0.15, -0.1) is 11.8 Å². The molecule has 1 aromatic rings. The zero-order chi connectivity index (χ0) is 19.9. The quantitative estimate of drug-likeness (QED) is 0.721. The van der Waals surface area contributed by atoms with E-state index in [1.807, 2.05) is 51.3 Å². The highest BCUT2D eigenvalue weighted by Gasteiger charge is 2.25. The Labute approximate surface area is 166 Å². The number of likely N-dealkylation sites (tertiary alicyclic amines) is 1. The van der Waals surface area contributed by atoms with Gasteiger partial charge in [-0.25, -0.2) is 4.79 Å². The van der Waals surface area contributed by atoms with E-state index in [9.17, 15) is 9.59 Å². The Morgan fingerprint density at radius 1 is 1.30 bits per heavy atom. The number of anilines is 1. The van der Waals surface area contributed by atoms with Gasteiger partial charge in [-0.3, -0.25) is 9.69 Å². The highest BCUT2D eigenvalue weighted by Crippen LogP contribution is 2.20. The lowest BCUT2D eigenvalue weighted by Gasteiger charge is -2.35. The average Bonchev–Trinajstić information content (AvgIpc) is 2.59. The highest BCUT2D eigenvalue weighted by molar-refractivity contribution is 7.98. The molecule has 2 N–H and O–H groups in total. The number of ether oxygens (including phenoxy) is 1. The lowest BCUT2D eigenvalue weighted by molar-refractivity contribution is -0.118. The number of hydrogen-bond donors (Lipinski definition) is 2. The summed E-state index contributed by atoms with van der Waals surface area (Å²) in [6.45, 7) is 7.20. The minimum atomic E-state index is -0.512. The molecule has 0 spiro atoms. The van der Waals surface area contributed by atoms with Crippen LogP contribution >= 0.6 is 11.8 Å². The van der Waals surface area contributed by atoms with Crippen LogP contribution in [0.3, 0.4) is 0 Å². The molecule has 27 heavy (non-hydrogen) atoms. The number of thioether (sulfide) groups is 1. The van der Waals surface area contributed by atoms with Crippen LogP contribution in [0.4, 0.5) is 10.5 Å². The van der Waals surface area contributed by atoms with E-state index in [-0.39, 0.29) is 11.9 Å². The van der Waals surface area contributed by atoms with Crippen LogP contribution in [0.1, 0.15) is 40.0 Å². The summed E-state index contributed by atoms with van der Waals surface area (Å²) in [5.74, 6) is -0.0302. The summed E-state index contributed by atoms with van der Waals surface area (Å²) in [5, 5.41) is 5.81. The van der Waals surface area contributed by atoms with Crippen LogP contribution in [0.5, 0.6) is 0 Å². The second kappa shape index (κ2) is 9.99. The van der Waals surface area contributed by atoms with Gasteiger partial charge in [0.1, 0.15) is 5.60 Å². The van der Waals surface area contributed by atoms with Gasteiger partial charge in [0.25, 0.3) is 0 Å². The first kappa shape index (κ1) is 21.6. The van der Waals surface area contributed by atoms with Crippen molar-refractivity contribution in [2.45, 2.75) is 56.6 Å². The van der Waals surface area contributed by atoms with Gasteiger partial charge in [-0.2, -0.15) is 0 Å². The fourth-order valence-electron chi connectivity index (χ4n) is 3.10. The maximum Gasteiger partial charge on any atom is 0.407 e. The van der Waals surface area contributed by atoms with Crippen molar-refractivity contribution in [3.8, 4) is 0 Å². The molecule has 2 amide bonds.